The molecule has 2 rings (SSSR count). The Bertz CT molecular complexity index is 967. The number of hydrogen-bond donors (Lipinski definition) is 2. The van der Waals surface area contributed by atoms with Gasteiger partial charge in [0.15, 0.2) is 0 Å². The van der Waals surface area contributed by atoms with Crippen LogP contribution in [-0.2, 0) is 16.0 Å². The molecule has 0 fully saturated rings. The number of anilines is 1. The third-order valence-electron chi connectivity index (χ3n) is 4.32. The number of aryl methyl sites for hydroxylation is 1. The van der Waals surface area contributed by atoms with E-state index in [0.717, 1.165) is 11.3 Å². The lowest BCUT2D eigenvalue weighted by atomic mass is 10.1. The zero-order valence-electron chi connectivity index (χ0n) is 16.5. The second kappa shape index (κ2) is 9.17. The molecule has 2 aromatic rings. The van der Waals surface area contributed by atoms with E-state index in [1.165, 1.54) is 31.2 Å². The van der Waals surface area contributed by atoms with Crippen LogP contribution in [0, 0.1) is 18.3 Å². The van der Waals surface area contributed by atoms with Gasteiger partial charge in [-0.15, -0.1) is 11.3 Å². The number of carbonyl (C=O) groups is 2. The van der Waals surface area contributed by atoms with Crippen molar-refractivity contribution in [3.05, 3.63) is 51.9 Å². The number of rotatable bonds is 7. The summed E-state index contributed by atoms with van der Waals surface area (Å²) in [5, 5.41) is 13.2. The van der Waals surface area contributed by atoms with Crippen molar-refractivity contribution in [3.8, 4) is 6.07 Å². The SMILES string of the molecule is CCOC(=O)[C@@](NC(=O)c1ccccc1)(Nc1sc(C)c(CC)c1C#N)C(F)(F)F. The Labute approximate surface area is 175 Å². The number of thiophene rings is 1. The van der Waals surface area contributed by atoms with Crippen LogP contribution in [0.15, 0.2) is 30.3 Å². The molecule has 1 amide bonds. The van der Waals surface area contributed by atoms with Gasteiger partial charge in [-0.3, -0.25) is 4.79 Å². The van der Waals surface area contributed by atoms with Gasteiger partial charge in [-0.05, 0) is 38.0 Å². The summed E-state index contributed by atoms with van der Waals surface area (Å²) in [4.78, 5) is 25.7. The molecular formula is C20H20F3N3O3S. The van der Waals surface area contributed by atoms with Crippen LogP contribution in [0.5, 0.6) is 0 Å². The molecule has 10 heteroatoms. The highest BCUT2D eigenvalue weighted by Crippen LogP contribution is 2.39. The van der Waals surface area contributed by atoms with Crippen molar-refractivity contribution in [3.63, 3.8) is 0 Å². The Hall–Kier alpha value is -3.06. The molecule has 0 aliphatic rings. The molecule has 0 saturated carbocycles. The fourth-order valence-corrected chi connectivity index (χ4v) is 3.99. The second-order valence-electron chi connectivity index (χ2n) is 6.22. The van der Waals surface area contributed by atoms with E-state index < -0.39 is 23.7 Å². The molecule has 6 nitrogen and oxygen atoms in total. The molecule has 0 unspecified atom stereocenters. The van der Waals surface area contributed by atoms with Crippen LogP contribution < -0.4 is 10.6 Å². The van der Waals surface area contributed by atoms with Crippen molar-refractivity contribution in [2.45, 2.75) is 39.0 Å². The van der Waals surface area contributed by atoms with E-state index in [-0.39, 0.29) is 22.7 Å². The van der Waals surface area contributed by atoms with Crippen molar-refractivity contribution < 1.29 is 27.5 Å². The molecular weight excluding hydrogens is 419 g/mol. The van der Waals surface area contributed by atoms with Gasteiger partial charge in [-0.25, -0.2) is 4.79 Å². The predicted octanol–water partition coefficient (Wildman–Crippen LogP) is 4.15. The molecule has 1 atom stereocenters. The minimum Gasteiger partial charge on any atom is -0.463 e. The zero-order valence-corrected chi connectivity index (χ0v) is 17.3. The Balaban J connectivity index is 2.62. The largest absolute Gasteiger partial charge is 0.463 e. The third kappa shape index (κ3) is 4.41. The number of benzene rings is 1. The van der Waals surface area contributed by atoms with Crippen LogP contribution in [0.2, 0.25) is 0 Å². The highest BCUT2D eigenvalue weighted by atomic mass is 32.1. The normalized spacial score (nSPS) is 13.1. The monoisotopic (exact) mass is 439 g/mol. The first-order valence-corrected chi connectivity index (χ1v) is 9.84. The van der Waals surface area contributed by atoms with E-state index in [0.29, 0.717) is 16.9 Å². The van der Waals surface area contributed by atoms with Gasteiger partial charge in [-0.1, -0.05) is 25.1 Å². The molecule has 1 aromatic carbocycles. The maximum atomic E-state index is 14.3. The Kier molecular flexibility index (Phi) is 7.10. The van der Waals surface area contributed by atoms with Gasteiger partial charge in [-0.2, -0.15) is 18.4 Å². The molecule has 160 valence electrons. The highest BCUT2D eigenvalue weighted by molar-refractivity contribution is 7.16. The summed E-state index contributed by atoms with van der Waals surface area (Å²) in [5.74, 6) is -2.86. The number of hydrogen-bond acceptors (Lipinski definition) is 6. The average molecular weight is 439 g/mol. The van der Waals surface area contributed by atoms with Gasteiger partial charge < -0.3 is 15.4 Å². The Morgan fingerprint density at radius 3 is 2.33 bits per heavy atom. The second-order valence-corrected chi connectivity index (χ2v) is 7.44. The highest BCUT2D eigenvalue weighted by Gasteiger charge is 2.64. The van der Waals surface area contributed by atoms with Crippen molar-refractivity contribution >= 4 is 28.2 Å². The first kappa shape index (κ1) is 23.2. The molecule has 1 aromatic heterocycles. The number of nitrogens with zero attached hydrogens (tertiary/aromatic N) is 1. The standard InChI is InChI=1S/C20H20F3N3O3S/c1-4-14-12(3)30-17(15(14)11-24)26-19(20(21,22)23,18(28)29-5-2)25-16(27)13-9-7-6-8-10-13/h6-10,26H,4-5H2,1-3H3,(H,25,27)/t19-/m1/s1. The first-order chi connectivity index (χ1) is 14.1. The van der Waals surface area contributed by atoms with Crippen LogP contribution in [0.4, 0.5) is 18.2 Å². The van der Waals surface area contributed by atoms with Gasteiger partial charge >= 0.3 is 17.8 Å². The zero-order chi connectivity index (χ0) is 22.5. The van der Waals surface area contributed by atoms with Gasteiger partial charge in [0.25, 0.3) is 5.91 Å². The van der Waals surface area contributed by atoms with Crippen molar-refractivity contribution in [1.82, 2.24) is 5.32 Å². The number of amides is 1. The Morgan fingerprint density at radius 1 is 1.20 bits per heavy atom. The van der Waals surface area contributed by atoms with E-state index in [4.69, 9.17) is 0 Å². The molecule has 2 N–H and O–H groups in total. The summed E-state index contributed by atoms with van der Waals surface area (Å²) in [6, 6.07) is 9.06. The van der Waals surface area contributed by atoms with Gasteiger partial charge in [0.2, 0.25) is 0 Å². The summed E-state index contributed by atoms with van der Waals surface area (Å²) in [5.41, 5.74) is -3.09. The summed E-state index contributed by atoms with van der Waals surface area (Å²) in [6.07, 6.45) is -4.86. The molecule has 0 spiro atoms. The van der Waals surface area contributed by atoms with Crippen molar-refractivity contribution in [2.75, 3.05) is 11.9 Å². The number of nitriles is 1. The minimum atomic E-state index is -5.28. The molecule has 0 aliphatic heterocycles. The number of alkyl halides is 3. The molecule has 0 radical (unpaired) electrons. The lowest BCUT2D eigenvalue weighted by Crippen LogP contribution is -2.69. The van der Waals surface area contributed by atoms with Crippen LogP contribution in [-0.4, -0.2) is 30.3 Å². The van der Waals surface area contributed by atoms with E-state index in [1.807, 2.05) is 6.07 Å². The average Bonchev–Trinajstić information content (AvgIpc) is 3.01. The topological polar surface area (TPSA) is 91.2 Å². The number of ether oxygens (including phenoxy) is 1. The van der Waals surface area contributed by atoms with Crippen LogP contribution in [0.1, 0.15) is 40.2 Å². The van der Waals surface area contributed by atoms with Crippen LogP contribution >= 0.6 is 11.3 Å². The van der Waals surface area contributed by atoms with Crippen molar-refractivity contribution in [1.29, 1.82) is 5.26 Å². The van der Waals surface area contributed by atoms with Gasteiger partial charge in [0.1, 0.15) is 11.1 Å². The fraction of sp³-hybridized carbons (Fsp3) is 0.350. The summed E-state index contributed by atoms with van der Waals surface area (Å²) < 4.78 is 47.5. The van der Waals surface area contributed by atoms with Crippen LogP contribution in [0.3, 0.4) is 0 Å². The number of carbonyl (C=O) groups excluding carboxylic acids is 2. The fourth-order valence-electron chi connectivity index (χ4n) is 2.84. The molecule has 0 aliphatic carbocycles. The van der Waals surface area contributed by atoms with Gasteiger partial charge in [0, 0.05) is 10.4 Å². The lowest BCUT2D eigenvalue weighted by molar-refractivity contribution is -0.204. The van der Waals surface area contributed by atoms with Gasteiger partial charge in [0.05, 0.1) is 12.2 Å². The van der Waals surface area contributed by atoms with E-state index in [2.05, 4.69) is 10.1 Å². The first-order valence-electron chi connectivity index (χ1n) is 9.03. The number of nitrogens with one attached hydrogen (secondary N) is 2. The number of esters is 1. The molecule has 1 heterocycles. The van der Waals surface area contributed by atoms with Crippen LogP contribution in [0.25, 0.3) is 0 Å². The maximum Gasteiger partial charge on any atom is 0.441 e. The predicted molar refractivity (Wildman–Crippen MR) is 106 cm³/mol. The molecule has 0 saturated heterocycles. The quantitative estimate of drug-likeness (QED) is 0.500. The van der Waals surface area contributed by atoms with E-state index >= 15 is 0 Å². The Morgan fingerprint density at radius 2 is 1.83 bits per heavy atom. The summed E-state index contributed by atoms with van der Waals surface area (Å²) in [6.45, 7) is 4.44. The van der Waals surface area contributed by atoms with E-state index in [1.54, 1.807) is 25.2 Å². The maximum absolute atomic E-state index is 14.3. The minimum absolute atomic E-state index is 0.00752. The van der Waals surface area contributed by atoms with Crippen molar-refractivity contribution in [2.24, 2.45) is 0 Å². The van der Waals surface area contributed by atoms with E-state index in [9.17, 15) is 28.0 Å². The smallest absolute Gasteiger partial charge is 0.441 e. The summed E-state index contributed by atoms with van der Waals surface area (Å²) in [7, 11) is 0. The summed E-state index contributed by atoms with van der Waals surface area (Å²) >= 11 is 0.899. The molecule has 0 bridgehead atoms. The number of halogens is 3. The third-order valence-corrected chi connectivity index (χ3v) is 5.38. The lowest BCUT2D eigenvalue weighted by Gasteiger charge is -2.35. The molecule has 30 heavy (non-hydrogen) atoms.